The standard InChI is InChI=1S/C37H38FN3O.C2H6/c1-25-11-8-9-16-35(25)41(27(3)29-12-6-5-7-13-29)28(4)30-19-21-40(22-20-30)37(42)32-17-18-34(26(2)23-32)36(39)31-14-10-15-33(38)24-31;1-2/h5-18,23-24,27,30,39H,4,19-22H2,1-3H3;1-2H3. The highest BCUT2D eigenvalue weighted by molar-refractivity contribution is 6.12. The molecule has 1 fully saturated rings. The summed E-state index contributed by atoms with van der Waals surface area (Å²) >= 11 is 0. The predicted octanol–water partition coefficient (Wildman–Crippen LogP) is 9.52. The molecule has 228 valence electrons. The van der Waals surface area contributed by atoms with Gasteiger partial charge in [0.1, 0.15) is 5.82 Å². The van der Waals surface area contributed by atoms with Crippen molar-refractivity contribution in [2.75, 3.05) is 18.0 Å². The molecule has 44 heavy (non-hydrogen) atoms. The van der Waals surface area contributed by atoms with Gasteiger partial charge in [0, 0.05) is 47.1 Å². The van der Waals surface area contributed by atoms with Gasteiger partial charge in [-0.3, -0.25) is 10.2 Å². The first-order valence-corrected chi connectivity index (χ1v) is 15.6. The predicted molar refractivity (Wildman–Crippen MR) is 181 cm³/mol. The molecule has 5 rings (SSSR count). The molecule has 0 bridgehead atoms. The van der Waals surface area contributed by atoms with E-state index < -0.39 is 0 Å². The Morgan fingerprint density at radius 2 is 1.52 bits per heavy atom. The number of halogens is 1. The fourth-order valence-corrected chi connectivity index (χ4v) is 6.00. The lowest BCUT2D eigenvalue weighted by Gasteiger charge is -2.41. The van der Waals surface area contributed by atoms with Crippen LogP contribution in [-0.4, -0.2) is 29.6 Å². The van der Waals surface area contributed by atoms with Crippen LogP contribution in [0.3, 0.4) is 0 Å². The summed E-state index contributed by atoms with van der Waals surface area (Å²) in [6, 6.07) is 30.6. The van der Waals surface area contributed by atoms with Gasteiger partial charge >= 0.3 is 0 Å². The molecule has 1 atom stereocenters. The van der Waals surface area contributed by atoms with Gasteiger partial charge in [-0.1, -0.05) is 87.2 Å². The van der Waals surface area contributed by atoms with Crippen molar-refractivity contribution in [3.8, 4) is 0 Å². The quantitative estimate of drug-likeness (QED) is 0.208. The number of hydrogen-bond donors (Lipinski definition) is 1. The van der Waals surface area contributed by atoms with E-state index in [2.05, 4.69) is 73.9 Å². The van der Waals surface area contributed by atoms with Gasteiger partial charge < -0.3 is 9.80 Å². The number of allylic oxidation sites excluding steroid dienone is 1. The molecule has 1 amide bonds. The summed E-state index contributed by atoms with van der Waals surface area (Å²) in [7, 11) is 0. The number of piperidine rings is 1. The Morgan fingerprint density at radius 1 is 0.864 bits per heavy atom. The Hall–Kier alpha value is -4.51. The van der Waals surface area contributed by atoms with E-state index in [1.165, 1.54) is 23.3 Å². The lowest BCUT2D eigenvalue weighted by molar-refractivity contribution is 0.0701. The number of nitrogens with zero attached hydrogens (tertiary/aromatic N) is 2. The third kappa shape index (κ3) is 7.16. The minimum absolute atomic E-state index is 0.000544. The molecule has 1 unspecified atom stereocenters. The van der Waals surface area contributed by atoms with Gasteiger partial charge in [0.15, 0.2) is 0 Å². The van der Waals surface area contributed by atoms with E-state index in [-0.39, 0.29) is 29.4 Å². The number of benzene rings is 4. The number of rotatable bonds is 8. The highest BCUT2D eigenvalue weighted by Gasteiger charge is 2.30. The number of nitrogens with one attached hydrogen (secondary N) is 1. The van der Waals surface area contributed by atoms with E-state index in [4.69, 9.17) is 5.41 Å². The molecule has 0 aromatic heterocycles. The zero-order valence-electron chi connectivity index (χ0n) is 26.6. The third-order valence-corrected chi connectivity index (χ3v) is 8.46. The molecule has 5 heteroatoms. The molecule has 4 aromatic rings. The molecular formula is C39H44FN3O. The minimum Gasteiger partial charge on any atom is -0.339 e. The average Bonchev–Trinajstić information content (AvgIpc) is 3.06. The summed E-state index contributed by atoms with van der Waals surface area (Å²) in [6.07, 6.45) is 1.69. The highest BCUT2D eigenvalue weighted by atomic mass is 19.1. The lowest BCUT2D eigenvalue weighted by Crippen LogP contribution is -2.41. The van der Waals surface area contributed by atoms with E-state index in [1.54, 1.807) is 24.3 Å². The van der Waals surface area contributed by atoms with Gasteiger partial charge in [-0.05, 0) is 80.6 Å². The summed E-state index contributed by atoms with van der Waals surface area (Å²) in [4.78, 5) is 17.8. The van der Waals surface area contributed by atoms with Crippen molar-refractivity contribution >= 4 is 17.3 Å². The topological polar surface area (TPSA) is 47.4 Å². The molecule has 4 nitrogen and oxygen atoms in total. The molecule has 0 radical (unpaired) electrons. The van der Waals surface area contributed by atoms with Crippen LogP contribution in [0.15, 0.2) is 109 Å². The summed E-state index contributed by atoms with van der Waals surface area (Å²) in [5.74, 6) is -0.112. The molecule has 1 aliphatic rings. The van der Waals surface area contributed by atoms with Crippen LogP contribution in [0.25, 0.3) is 0 Å². The van der Waals surface area contributed by atoms with Crippen LogP contribution in [-0.2, 0) is 0 Å². The van der Waals surface area contributed by atoms with Crippen molar-refractivity contribution in [1.29, 1.82) is 5.41 Å². The maximum Gasteiger partial charge on any atom is 0.253 e. The maximum atomic E-state index is 13.7. The van der Waals surface area contributed by atoms with Crippen molar-refractivity contribution in [2.45, 2.75) is 53.5 Å². The highest BCUT2D eigenvalue weighted by Crippen LogP contribution is 2.38. The Balaban J connectivity index is 0.00000216. The second kappa shape index (κ2) is 14.8. The van der Waals surface area contributed by atoms with E-state index >= 15 is 0 Å². The van der Waals surface area contributed by atoms with Gasteiger partial charge in [-0.2, -0.15) is 0 Å². The summed E-state index contributed by atoms with van der Waals surface area (Å²) in [5, 5.41) is 8.56. The van der Waals surface area contributed by atoms with E-state index in [0.717, 1.165) is 29.8 Å². The van der Waals surface area contributed by atoms with E-state index in [1.807, 2.05) is 37.8 Å². The second-order valence-corrected chi connectivity index (χ2v) is 11.2. The van der Waals surface area contributed by atoms with Crippen LogP contribution in [0.5, 0.6) is 0 Å². The van der Waals surface area contributed by atoms with Crippen LogP contribution >= 0.6 is 0 Å². The number of carbonyl (C=O) groups is 1. The first-order chi connectivity index (χ1) is 21.2. The van der Waals surface area contributed by atoms with E-state index in [0.29, 0.717) is 29.8 Å². The van der Waals surface area contributed by atoms with Crippen molar-refractivity contribution in [2.24, 2.45) is 5.92 Å². The Bertz CT molecular complexity index is 1600. The van der Waals surface area contributed by atoms with Crippen molar-refractivity contribution in [3.63, 3.8) is 0 Å². The maximum absolute atomic E-state index is 13.7. The first-order valence-electron chi connectivity index (χ1n) is 15.6. The second-order valence-electron chi connectivity index (χ2n) is 11.2. The third-order valence-electron chi connectivity index (χ3n) is 8.46. The van der Waals surface area contributed by atoms with Crippen LogP contribution in [0.4, 0.5) is 10.1 Å². The van der Waals surface area contributed by atoms with E-state index in [9.17, 15) is 9.18 Å². The van der Waals surface area contributed by atoms with Crippen molar-refractivity contribution in [1.82, 2.24) is 4.90 Å². The minimum atomic E-state index is -0.371. The monoisotopic (exact) mass is 589 g/mol. The van der Waals surface area contributed by atoms with Gasteiger partial charge in [0.25, 0.3) is 5.91 Å². The van der Waals surface area contributed by atoms with Crippen molar-refractivity contribution < 1.29 is 9.18 Å². The largest absolute Gasteiger partial charge is 0.339 e. The molecule has 1 saturated heterocycles. The molecule has 1 heterocycles. The molecule has 1 aliphatic heterocycles. The summed E-state index contributed by atoms with van der Waals surface area (Å²) in [6.45, 7) is 16.2. The molecular weight excluding hydrogens is 545 g/mol. The molecule has 0 saturated carbocycles. The molecule has 0 aliphatic carbocycles. The molecule has 4 aromatic carbocycles. The zero-order chi connectivity index (χ0) is 31.8. The Morgan fingerprint density at radius 3 is 2.16 bits per heavy atom. The molecule has 0 spiro atoms. The van der Waals surface area contributed by atoms with Crippen molar-refractivity contribution in [3.05, 3.63) is 149 Å². The van der Waals surface area contributed by atoms with Gasteiger partial charge in [0.2, 0.25) is 0 Å². The number of hydrogen-bond acceptors (Lipinski definition) is 3. The Labute approximate surface area is 262 Å². The number of anilines is 1. The zero-order valence-corrected chi connectivity index (χ0v) is 26.6. The lowest BCUT2D eigenvalue weighted by atomic mass is 9.90. The van der Waals surface area contributed by atoms with Crippen LogP contribution in [0, 0.1) is 31.0 Å². The number of para-hydroxylation sites is 1. The van der Waals surface area contributed by atoms with Crippen LogP contribution in [0.1, 0.15) is 77.8 Å². The number of carbonyl (C=O) groups excluding carboxylic acids is 1. The smallest absolute Gasteiger partial charge is 0.253 e. The SMILES string of the molecule is C=C(C1CCN(C(=O)c2ccc(C(=N)c3cccc(F)c3)c(C)c2)CC1)N(c1ccccc1C)C(C)c1ccccc1.CC. The fraction of sp³-hybridized carbons (Fsp3) is 0.282. The summed E-state index contributed by atoms with van der Waals surface area (Å²) < 4.78 is 13.7. The van der Waals surface area contributed by atoms with Crippen LogP contribution < -0.4 is 4.90 Å². The fourth-order valence-electron chi connectivity index (χ4n) is 6.00. The van der Waals surface area contributed by atoms with Gasteiger partial charge in [0.05, 0.1) is 11.8 Å². The van der Waals surface area contributed by atoms with Gasteiger partial charge in [-0.25, -0.2) is 4.39 Å². The number of amides is 1. The van der Waals surface area contributed by atoms with Gasteiger partial charge in [-0.15, -0.1) is 0 Å². The normalized spacial score (nSPS) is 13.8. The number of likely N-dealkylation sites (tertiary alicyclic amines) is 1. The van der Waals surface area contributed by atoms with Crippen LogP contribution in [0.2, 0.25) is 0 Å². The average molecular weight is 590 g/mol. The first kappa shape index (κ1) is 32.4. The summed E-state index contributed by atoms with van der Waals surface area (Å²) in [5.41, 5.74) is 7.57. The Kier molecular flexibility index (Phi) is 10.9. The number of aryl methyl sites for hydroxylation is 2. The molecule has 1 N–H and O–H groups in total.